The molecule has 1 N–H and O–H groups in total. The van der Waals surface area contributed by atoms with Gasteiger partial charge in [-0.2, -0.15) is 18.3 Å². The van der Waals surface area contributed by atoms with Gasteiger partial charge in [0.2, 0.25) is 0 Å². The smallest absolute Gasteiger partial charge is 0.298 e. The van der Waals surface area contributed by atoms with Crippen LogP contribution in [0.2, 0.25) is 5.02 Å². The molecule has 148 valence electrons. The summed E-state index contributed by atoms with van der Waals surface area (Å²) in [4.78, 5) is 16.6. The summed E-state index contributed by atoms with van der Waals surface area (Å²) < 4.78 is 55.5. The molecule has 2 aromatic heterocycles. The van der Waals surface area contributed by atoms with Crippen LogP contribution in [-0.4, -0.2) is 20.7 Å². The van der Waals surface area contributed by atoms with Crippen LogP contribution in [0.4, 0.5) is 22.7 Å². The first-order valence-electron chi connectivity index (χ1n) is 8.01. The van der Waals surface area contributed by atoms with E-state index in [9.17, 15) is 22.4 Å². The van der Waals surface area contributed by atoms with Crippen LogP contribution in [0.5, 0.6) is 0 Å². The number of benzene rings is 2. The Bertz CT molecular complexity index is 1230. The molecule has 0 unspecified atom stereocenters. The quantitative estimate of drug-likeness (QED) is 0.425. The molecule has 0 atom stereocenters. The number of alkyl halides is 3. The topological polar surface area (TPSA) is 59.8 Å². The first kappa shape index (κ1) is 19.3. The van der Waals surface area contributed by atoms with Crippen molar-refractivity contribution < 1.29 is 22.4 Å². The van der Waals surface area contributed by atoms with Gasteiger partial charge >= 0.3 is 6.18 Å². The molecule has 11 heteroatoms. The number of hydrogen-bond acceptors (Lipinski definition) is 4. The number of carbonyl (C=O) groups excluding carboxylic acids is 1. The highest BCUT2D eigenvalue weighted by molar-refractivity contribution is 7.22. The zero-order valence-electron chi connectivity index (χ0n) is 14.2. The van der Waals surface area contributed by atoms with Crippen LogP contribution >= 0.6 is 22.9 Å². The molecule has 1 amide bonds. The van der Waals surface area contributed by atoms with E-state index in [1.807, 2.05) is 0 Å². The van der Waals surface area contributed by atoms with Crippen LogP contribution in [0, 0.1) is 5.82 Å². The lowest BCUT2D eigenvalue weighted by Crippen LogP contribution is -2.20. The van der Waals surface area contributed by atoms with Crippen LogP contribution in [0.15, 0.2) is 48.7 Å². The normalized spacial score (nSPS) is 11.8. The van der Waals surface area contributed by atoms with Crippen molar-refractivity contribution in [1.29, 1.82) is 0 Å². The van der Waals surface area contributed by atoms with Gasteiger partial charge in [-0.05, 0) is 36.4 Å². The van der Waals surface area contributed by atoms with Crippen LogP contribution in [0.1, 0.15) is 16.1 Å². The number of nitrogens with one attached hydrogen (secondary N) is 1. The molecule has 0 spiro atoms. The largest absolute Gasteiger partial charge is 0.434 e. The molecule has 4 rings (SSSR count). The van der Waals surface area contributed by atoms with Crippen molar-refractivity contribution in [3.63, 3.8) is 0 Å². The Kier molecular flexibility index (Phi) is 4.75. The van der Waals surface area contributed by atoms with E-state index in [2.05, 4.69) is 15.4 Å². The third-order valence-electron chi connectivity index (χ3n) is 3.91. The van der Waals surface area contributed by atoms with E-state index in [1.165, 1.54) is 42.5 Å². The van der Waals surface area contributed by atoms with E-state index in [0.717, 1.165) is 17.5 Å². The van der Waals surface area contributed by atoms with Crippen molar-refractivity contribution in [2.45, 2.75) is 6.18 Å². The molecule has 29 heavy (non-hydrogen) atoms. The number of halogens is 5. The molecule has 5 nitrogen and oxygen atoms in total. The highest BCUT2D eigenvalue weighted by atomic mass is 35.5. The van der Waals surface area contributed by atoms with Gasteiger partial charge in [0.25, 0.3) is 5.91 Å². The van der Waals surface area contributed by atoms with Gasteiger partial charge in [-0.1, -0.05) is 29.0 Å². The lowest BCUT2D eigenvalue weighted by atomic mass is 10.2. The number of amides is 1. The van der Waals surface area contributed by atoms with Crippen molar-refractivity contribution in [2.75, 3.05) is 5.32 Å². The first-order valence-corrected chi connectivity index (χ1v) is 9.20. The summed E-state index contributed by atoms with van der Waals surface area (Å²) in [5.74, 6) is -1.52. The van der Waals surface area contributed by atoms with Crippen molar-refractivity contribution in [1.82, 2.24) is 14.8 Å². The molecule has 0 radical (unpaired) electrons. The van der Waals surface area contributed by atoms with Crippen LogP contribution < -0.4 is 5.32 Å². The van der Waals surface area contributed by atoms with E-state index in [0.29, 0.717) is 14.9 Å². The molecule has 0 saturated heterocycles. The predicted molar refractivity (Wildman–Crippen MR) is 101 cm³/mol. The van der Waals surface area contributed by atoms with E-state index in [4.69, 9.17) is 11.6 Å². The van der Waals surface area contributed by atoms with Crippen molar-refractivity contribution >= 4 is 44.2 Å². The third-order valence-corrected chi connectivity index (χ3v) is 5.07. The molecular formula is C18H9ClF4N4OS. The predicted octanol–water partition coefficient (Wildman–Crippen LogP) is 5.55. The second-order valence-corrected chi connectivity index (χ2v) is 7.35. The number of fused-ring (bicyclic) bond motifs is 1. The summed E-state index contributed by atoms with van der Waals surface area (Å²) in [5.41, 5.74) is -1.45. The fourth-order valence-corrected chi connectivity index (χ4v) is 3.78. The maximum absolute atomic E-state index is 13.7. The van der Waals surface area contributed by atoms with Gasteiger partial charge in [0.05, 0.1) is 27.7 Å². The highest BCUT2D eigenvalue weighted by Crippen LogP contribution is 2.35. The zero-order valence-corrected chi connectivity index (χ0v) is 15.7. The van der Waals surface area contributed by atoms with Crippen LogP contribution in [0.3, 0.4) is 0 Å². The first-order chi connectivity index (χ1) is 13.7. The number of anilines is 1. The highest BCUT2D eigenvalue weighted by Gasteiger charge is 2.40. The van der Waals surface area contributed by atoms with Gasteiger partial charge in [0, 0.05) is 5.02 Å². The molecular weight excluding hydrogens is 432 g/mol. The number of thiazole rings is 1. The van der Waals surface area contributed by atoms with Gasteiger partial charge in [-0.25, -0.2) is 14.1 Å². The van der Waals surface area contributed by atoms with Crippen molar-refractivity contribution in [3.8, 4) is 5.69 Å². The molecule has 2 heterocycles. The number of hydrogen-bond donors (Lipinski definition) is 1. The van der Waals surface area contributed by atoms with Gasteiger partial charge in [-0.3, -0.25) is 10.1 Å². The summed E-state index contributed by atoms with van der Waals surface area (Å²) in [6.45, 7) is 0. The van der Waals surface area contributed by atoms with Gasteiger partial charge < -0.3 is 0 Å². The minimum Gasteiger partial charge on any atom is -0.298 e. The van der Waals surface area contributed by atoms with E-state index < -0.39 is 29.2 Å². The average Bonchev–Trinajstić information content (AvgIpc) is 3.24. The number of carbonyl (C=O) groups is 1. The molecule has 0 bridgehead atoms. The van der Waals surface area contributed by atoms with E-state index in [1.54, 1.807) is 0 Å². The summed E-state index contributed by atoms with van der Waals surface area (Å²) in [7, 11) is 0. The van der Waals surface area contributed by atoms with Crippen molar-refractivity contribution in [2.24, 2.45) is 0 Å². The summed E-state index contributed by atoms with van der Waals surface area (Å²) in [6.07, 6.45) is -4.03. The van der Waals surface area contributed by atoms with Crippen molar-refractivity contribution in [3.05, 3.63) is 70.8 Å². The Hall–Kier alpha value is -2.98. The fraction of sp³-hybridized carbons (Fsp3) is 0.0556. The second-order valence-electron chi connectivity index (χ2n) is 5.88. The van der Waals surface area contributed by atoms with Gasteiger partial charge in [-0.15, -0.1) is 0 Å². The minimum absolute atomic E-state index is 0.0410. The standard InChI is InChI=1S/C18H9ClF4N4OS/c19-9-2-1-3-11(6-9)27-15(18(21,22)23)12(8-24-27)16(28)26-17-25-13-5-4-10(20)7-14(13)29-17/h1-8H,(H,25,26,28). The van der Waals surface area contributed by atoms with Gasteiger partial charge in [0.15, 0.2) is 10.8 Å². The number of nitrogens with zero attached hydrogens (tertiary/aromatic N) is 3. The van der Waals surface area contributed by atoms with E-state index in [-0.39, 0.29) is 15.8 Å². The molecule has 4 aromatic rings. The Morgan fingerprint density at radius 3 is 2.69 bits per heavy atom. The molecule has 0 fully saturated rings. The Balaban J connectivity index is 1.72. The van der Waals surface area contributed by atoms with Crippen LogP contribution in [0.25, 0.3) is 15.9 Å². The number of rotatable bonds is 3. The fourth-order valence-electron chi connectivity index (χ4n) is 2.71. The lowest BCUT2D eigenvalue weighted by Gasteiger charge is -2.12. The number of aromatic nitrogens is 3. The summed E-state index contributed by atoms with van der Waals surface area (Å²) in [5, 5.41) is 6.31. The SMILES string of the molecule is O=C(Nc1nc2ccc(F)cc2s1)c1cnn(-c2cccc(Cl)c2)c1C(F)(F)F. The maximum atomic E-state index is 13.7. The zero-order chi connectivity index (χ0) is 20.8. The Morgan fingerprint density at radius 2 is 1.97 bits per heavy atom. The molecule has 0 aliphatic carbocycles. The van der Waals surface area contributed by atoms with E-state index >= 15 is 0 Å². The lowest BCUT2D eigenvalue weighted by molar-refractivity contribution is -0.143. The Labute approximate surface area is 169 Å². The average molecular weight is 441 g/mol. The molecule has 2 aromatic carbocycles. The maximum Gasteiger partial charge on any atom is 0.434 e. The minimum atomic E-state index is -4.86. The Morgan fingerprint density at radius 1 is 1.17 bits per heavy atom. The van der Waals surface area contributed by atoms with Crippen LogP contribution in [-0.2, 0) is 6.18 Å². The second kappa shape index (κ2) is 7.12. The third kappa shape index (κ3) is 3.81. The monoisotopic (exact) mass is 440 g/mol. The summed E-state index contributed by atoms with van der Waals surface area (Å²) >= 11 is 6.80. The van der Waals surface area contributed by atoms with Gasteiger partial charge in [0.1, 0.15) is 5.82 Å². The molecule has 0 aliphatic rings. The molecule has 0 saturated carbocycles. The summed E-state index contributed by atoms with van der Waals surface area (Å²) in [6, 6.07) is 9.50. The molecule has 0 aliphatic heterocycles.